The smallest absolute Gasteiger partial charge is 0.317 e. The number of aliphatic hydroxyl groups is 1. The lowest BCUT2D eigenvalue weighted by Gasteiger charge is -2.23. The van der Waals surface area contributed by atoms with E-state index in [9.17, 15) is 4.79 Å². The van der Waals surface area contributed by atoms with Gasteiger partial charge in [-0.2, -0.15) is 0 Å². The predicted octanol–water partition coefficient (Wildman–Crippen LogP) is 1.54. The van der Waals surface area contributed by atoms with Crippen LogP contribution in [0.1, 0.15) is 24.5 Å². The predicted molar refractivity (Wildman–Crippen MR) is 76.4 cm³/mol. The Balaban J connectivity index is 1.87. The van der Waals surface area contributed by atoms with E-state index >= 15 is 0 Å². The first kappa shape index (κ1) is 14.8. The lowest BCUT2D eigenvalue weighted by molar-refractivity contribution is 0.100. The van der Waals surface area contributed by atoms with E-state index in [-0.39, 0.29) is 18.7 Å². The Bertz CT molecular complexity index is 420. The topological polar surface area (TPSA) is 61.8 Å². The summed E-state index contributed by atoms with van der Waals surface area (Å²) in [6.45, 7) is 0.809. The van der Waals surface area contributed by atoms with Crippen molar-refractivity contribution in [2.24, 2.45) is 0 Å². The molecule has 0 heterocycles. The Morgan fingerprint density at radius 2 is 2.15 bits per heavy atom. The summed E-state index contributed by atoms with van der Waals surface area (Å²) in [6, 6.07) is 9.97. The van der Waals surface area contributed by atoms with Crippen molar-refractivity contribution < 1.29 is 14.6 Å². The van der Waals surface area contributed by atoms with Crippen LogP contribution in [0.3, 0.4) is 0 Å². The third-order valence-electron chi connectivity index (χ3n) is 3.48. The molecule has 2 amide bonds. The number of urea groups is 1. The number of amides is 2. The summed E-state index contributed by atoms with van der Waals surface area (Å²) in [4.78, 5) is 13.8. The van der Waals surface area contributed by atoms with Crippen LogP contribution in [0, 0.1) is 0 Å². The van der Waals surface area contributed by atoms with Gasteiger partial charge in [0.1, 0.15) is 0 Å². The third kappa shape index (κ3) is 3.95. The Hall–Kier alpha value is -1.59. The highest BCUT2D eigenvalue weighted by molar-refractivity contribution is 5.75. The van der Waals surface area contributed by atoms with Gasteiger partial charge in [-0.25, -0.2) is 4.79 Å². The Morgan fingerprint density at radius 3 is 2.70 bits per heavy atom. The summed E-state index contributed by atoms with van der Waals surface area (Å²) in [5.74, 6) is 0. The number of nitrogens with zero attached hydrogens (tertiary/aromatic N) is 1. The second kappa shape index (κ2) is 7.26. The quantitative estimate of drug-likeness (QED) is 0.795. The Kier molecular flexibility index (Phi) is 5.38. The fourth-order valence-electron chi connectivity index (χ4n) is 2.23. The molecule has 5 heteroatoms. The number of ether oxygens (including phenoxy) is 1. The molecule has 2 N–H and O–H groups in total. The van der Waals surface area contributed by atoms with Crippen molar-refractivity contribution in [3.05, 3.63) is 35.9 Å². The lowest BCUT2D eigenvalue weighted by atomic mass is 10.1. The highest BCUT2D eigenvalue weighted by Gasteiger charge is 2.32. The summed E-state index contributed by atoms with van der Waals surface area (Å²) in [6.07, 6.45) is 1.90. The summed E-state index contributed by atoms with van der Waals surface area (Å²) in [5.41, 5.74) is 1.04. The molecule has 1 aromatic rings. The summed E-state index contributed by atoms with van der Waals surface area (Å²) in [7, 11) is 1.64. The van der Waals surface area contributed by atoms with Crippen LogP contribution >= 0.6 is 0 Å². The molecule has 0 spiro atoms. The number of methoxy groups -OCH3 is 1. The van der Waals surface area contributed by atoms with Gasteiger partial charge >= 0.3 is 6.03 Å². The number of hydrogen-bond donors (Lipinski definition) is 2. The molecule has 2 rings (SSSR count). The van der Waals surface area contributed by atoms with Gasteiger partial charge in [-0.15, -0.1) is 0 Å². The van der Waals surface area contributed by atoms with Crippen LogP contribution in [0.25, 0.3) is 0 Å². The van der Waals surface area contributed by atoms with Crippen molar-refractivity contribution in [1.29, 1.82) is 0 Å². The van der Waals surface area contributed by atoms with Crippen molar-refractivity contribution >= 4 is 6.03 Å². The fourth-order valence-corrected chi connectivity index (χ4v) is 2.23. The lowest BCUT2D eigenvalue weighted by Crippen LogP contribution is -2.44. The van der Waals surface area contributed by atoms with Gasteiger partial charge < -0.3 is 20.1 Å². The van der Waals surface area contributed by atoms with E-state index in [1.807, 2.05) is 30.3 Å². The second-order valence-electron chi connectivity index (χ2n) is 4.97. The molecule has 0 bridgehead atoms. The van der Waals surface area contributed by atoms with Crippen LogP contribution in [0.4, 0.5) is 4.79 Å². The van der Waals surface area contributed by atoms with Crippen LogP contribution in [0.15, 0.2) is 30.3 Å². The number of carbonyl (C=O) groups is 1. The van der Waals surface area contributed by atoms with E-state index < -0.39 is 0 Å². The van der Waals surface area contributed by atoms with Gasteiger partial charge in [0, 0.05) is 26.2 Å². The van der Waals surface area contributed by atoms with Gasteiger partial charge in [0.2, 0.25) is 0 Å². The van der Waals surface area contributed by atoms with Crippen LogP contribution in [0.2, 0.25) is 0 Å². The molecule has 1 atom stereocenters. The normalized spacial score (nSPS) is 15.7. The van der Waals surface area contributed by atoms with Crippen molar-refractivity contribution in [2.45, 2.75) is 25.0 Å². The molecule has 1 saturated carbocycles. The van der Waals surface area contributed by atoms with E-state index in [1.165, 1.54) is 0 Å². The molecule has 5 nitrogen and oxygen atoms in total. The molecule has 1 aliphatic rings. The average molecular weight is 278 g/mol. The number of aliphatic hydroxyl groups excluding tert-OH is 1. The third-order valence-corrected chi connectivity index (χ3v) is 3.48. The van der Waals surface area contributed by atoms with Crippen molar-refractivity contribution in [3.63, 3.8) is 0 Å². The molecule has 0 radical (unpaired) electrons. The first-order valence-electron chi connectivity index (χ1n) is 6.99. The van der Waals surface area contributed by atoms with Gasteiger partial charge in [-0.05, 0) is 18.4 Å². The van der Waals surface area contributed by atoms with Crippen LogP contribution in [0.5, 0.6) is 0 Å². The highest BCUT2D eigenvalue weighted by Crippen LogP contribution is 2.26. The number of rotatable bonds is 7. The van der Waals surface area contributed by atoms with E-state index in [2.05, 4.69) is 5.32 Å². The summed E-state index contributed by atoms with van der Waals surface area (Å²) < 4.78 is 5.42. The maximum absolute atomic E-state index is 12.1. The molecular weight excluding hydrogens is 256 g/mol. The second-order valence-corrected chi connectivity index (χ2v) is 4.97. The van der Waals surface area contributed by atoms with Gasteiger partial charge in [0.15, 0.2) is 0 Å². The van der Waals surface area contributed by atoms with E-state index in [4.69, 9.17) is 9.84 Å². The largest absolute Gasteiger partial charge is 0.395 e. The minimum absolute atomic E-state index is 0.00366. The zero-order valence-corrected chi connectivity index (χ0v) is 11.8. The van der Waals surface area contributed by atoms with Crippen molar-refractivity contribution in [3.8, 4) is 0 Å². The first-order chi connectivity index (χ1) is 9.76. The van der Waals surface area contributed by atoms with E-state index in [0.29, 0.717) is 19.1 Å². The molecule has 1 fully saturated rings. The molecule has 0 saturated heterocycles. The number of carbonyl (C=O) groups excluding carboxylic acids is 1. The number of hydrogen-bond acceptors (Lipinski definition) is 3. The Labute approximate surface area is 119 Å². The molecular formula is C15H22N2O3. The molecule has 1 aromatic carbocycles. The molecule has 0 aromatic heterocycles. The van der Waals surface area contributed by atoms with Gasteiger partial charge in [-0.3, -0.25) is 0 Å². The molecule has 0 aliphatic heterocycles. The minimum atomic E-state index is -0.157. The maximum Gasteiger partial charge on any atom is 0.317 e. The summed E-state index contributed by atoms with van der Waals surface area (Å²) in [5, 5.41) is 11.9. The molecule has 1 unspecified atom stereocenters. The van der Waals surface area contributed by atoms with Crippen LogP contribution < -0.4 is 5.32 Å². The SMILES string of the molecule is COC(CNC(=O)N(CCO)C1CC1)c1ccccc1. The minimum Gasteiger partial charge on any atom is -0.395 e. The van der Waals surface area contributed by atoms with Crippen molar-refractivity contribution in [2.75, 3.05) is 26.8 Å². The molecule has 20 heavy (non-hydrogen) atoms. The van der Waals surface area contributed by atoms with Gasteiger partial charge in [0.05, 0.1) is 12.7 Å². The zero-order chi connectivity index (χ0) is 14.4. The van der Waals surface area contributed by atoms with Crippen LogP contribution in [-0.4, -0.2) is 48.9 Å². The summed E-state index contributed by atoms with van der Waals surface area (Å²) >= 11 is 0. The monoisotopic (exact) mass is 278 g/mol. The number of nitrogens with one attached hydrogen (secondary N) is 1. The van der Waals surface area contributed by atoms with E-state index in [1.54, 1.807) is 12.0 Å². The fraction of sp³-hybridized carbons (Fsp3) is 0.533. The zero-order valence-electron chi connectivity index (χ0n) is 11.8. The Morgan fingerprint density at radius 1 is 1.45 bits per heavy atom. The van der Waals surface area contributed by atoms with E-state index in [0.717, 1.165) is 18.4 Å². The highest BCUT2D eigenvalue weighted by atomic mass is 16.5. The first-order valence-corrected chi connectivity index (χ1v) is 6.99. The standard InChI is InChI=1S/C15H22N2O3/c1-20-14(12-5-3-2-4-6-12)11-16-15(19)17(9-10-18)13-7-8-13/h2-6,13-14,18H,7-11H2,1H3,(H,16,19). The average Bonchev–Trinajstić information content (AvgIpc) is 3.31. The van der Waals surface area contributed by atoms with Gasteiger partial charge in [0.25, 0.3) is 0 Å². The van der Waals surface area contributed by atoms with Crippen molar-refractivity contribution in [1.82, 2.24) is 10.2 Å². The van der Waals surface area contributed by atoms with Gasteiger partial charge in [-0.1, -0.05) is 30.3 Å². The molecule has 110 valence electrons. The molecule has 1 aliphatic carbocycles. The van der Waals surface area contributed by atoms with Crippen LogP contribution in [-0.2, 0) is 4.74 Å². The maximum atomic E-state index is 12.1. The number of benzene rings is 1.